The van der Waals surface area contributed by atoms with Gasteiger partial charge in [-0.25, -0.2) is 0 Å². The van der Waals surface area contributed by atoms with Gasteiger partial charge in [0.15, 0.2) is 0 Å². The van der Waals surface area contributed by atoms with Gasteiger partial charge in [-0.15, -0.1) is 0 Å². The molecule has 2 heterocycles. The molecule has 18 heavy (non-hydrogen) atoms. The number of rotatable bonds is 3. The van der Waals surface area contributed by atoms with Gasteiger partial charge in [-0.2, -0.15) is 17.7 Å². The van der Waals surface area contributed by atoms with Crippen LogP contribution in [-0.4, -0.2) is 39.3 Å². The first-order chi connectivity index (χ1) is 8.72. The molecule has 4 nitrogen and oxygen atoms in total. The molecule has 1 aliphatic rings. The summed E-state index contributed by atoms with van der Waals surface area (Å²) in [5, 5.41) is 8.26. The summed E-state index contributed by atoms with van der Waals surface area (Å²) in [7, 11) is 0. The molecule has 94 valence electrons. The zero-order valence-electron chi connectivity index (χ0n) is 9.97. The highest BCUT2D eigenvalue weighted by atomic mass is 32.1. The number of aromatic nitrogens is 2. The molecular weight excluding hydrogens is 246 g/mol. The highest BCUT2D eigenvalue weighted by molar-refractivity contribution is 7.81. The van der Waals surface area contributed by atoms with Crippen LogP contribution >= 0.6 is 12.6 Å². The van der Waals surface area contributed by atoms with E-state index >= 15 is 0 Å². The summed E-state index contributed by atoms with van der Waals surface area (Å²) in [5.74, 6) is 0.222. The Bertz CT molecular complexity index is 580. The average molecular weight is 261 g/mol. The van der Waals surface area contributed by atoms with Gasteiger partial charge in [0.1, 0.15) is 0 Å². The minimum absolute atomic E-state index is 0.203. The maximum absolute atomic E-state index is 11.6. The number of nitrogens with zero attached hydrogens (tertiary/aromatic N) is 2. The Labute approximate surface area is 111 Å². The molecule has 0 aliphatic carbocycles. The van der Waals surface area contributed by atoms with Gasteiger partial charge in [0.2, 0.25) is 5.91 Å². The second-order valence-electron chi connectivity index (χ2n) is 4.74. The molecule has 3 rings (SSSR count). The summed E-state index contributed by atoms with van der Waals surface area (Å²) in [6.45, 7) is 1.55. The highest BCUT2D eigenvalue weighted by Crippen LogP contribution is 2.18. The van der Waals surface area contributed by atoms with Crippen LogP contribution < -0.4 is 0 Å². The Kier molecular flexibility index (Phi) is 2.99. The largest absolute Gasteiger partial charge is 0.341 e. The van der Waals surface area contributed by atoms with Crippen LogP contribution in [0.25, 0.3) is 10.9 Å². The monoisotopic (exact) mass is 261 g/mol. The Morgan fingerprint density at radius 1 is 1.50 bits per heavy atom. The van der Waals surface area contributed by atoms with Crippen molar-refractivity contribution in [2.24, 2.45) is 0 Å². The molecule has 2 aromatic rings. The lowest BCUT2D eigenvalue weighted by molar-refractivity contribution is -0.127. The number of carbonyl (C=O) groups excluding carboxylic acids is 1. The van der Waals surface area contributed by atoms with E-state index in [1.165, 1.54) is 5.56 Å². The molecule has 1 saturated heterocycles. The van der Waals surface area contributed by atoms with Crippen molar-refractivity contribution in [3.63, 3.8) is 0 Å². The molecule has 1 aliphatic heterocycles. The van der Waals surface area contributed by atoms with E-state index in [2.05, 4.69) is 35.0 Å². The average Bonchev–Trinajstić information content (AvgIpc) is 2.92. The fourth-order valence-corrected chi connectivity index (χ4v) is 2.73. The molecular formula is C13H15N3OS. The smallest absolute Gasteiger partial charge is 0.223 e. The van der Waals surface area contributed by atoms with Crippen molar-refractivity contribution in [1.82, 2.24) is 15.1 Å². The van der Waals surface area contributed by atoms with Crippen molar-refractivity contribution in [2.75, 3.05) is 13.1 Å². The van der Waals surface area contributed by atoms with E-state index in [1.807, 2.05) is 17.2 Å². The van der Waals surface area contributed by atoms with E-state index < -0.39 is 0 Å². The Balaban J connectivity index is 1.67. The number of aromatic amines is 1. The summed E-state index contributed by atoms with van der Waals surface area (Å²) in [4.78, 5) is 13.5. The van der Waals surface area contributed by atoms with Gasteiger partial charge >= 0.3 is 0 Å². The molecule has 0 bridgehead atoms. The van der Waals surface area contributed by atoms with Gasteiger partial charge in [0.05, 0.1) is 11.7 Å². The number of hydrogen-bond acceptors (Lipinski definition) is 3. The third kappa shape index (κ3) is 2.22. The number of amides is 1. The molecule has 1 unspecified atom stereocenters. The third-order valence-corrected chi connectivity index (χ3v) is 3.71. The molecule has 0 radical (unpaired) electrons. The van der Waals surface area contributed by atoms with E-state index in [0.717, 1.165) is 30.4 Å². The van der Waals surface area contributed by atoms with Crippen molar-refractivity contribution in [3.05, 3.63) is 30.0 Å². The molecule has 1 fully saturated rings. The molecule has 1 aromatic carbocycles. The predicted molar refractivity (Wildman–Crippen MR) is 73.8 cm³/mol. The molecule has 1 aromatic heterocycles. The van der Waals surface area contributed by atoms with Crippen LogP contribution in [0.4, 0.5) is 0 Å². The fraction of sp³-hybridized carbons (Fsp3) is 0.385. The lowest BCUT2D eigenvalue weighted by Gasteiger charge is -2.15. The summed E-state index contributed by atoms with van der Waals surface area (Å²) < 4.78 is 0. The second kappa shape index (κ2) is 4.65. The van der Waals surface area contributed by atoms with Gasteiger partial charge in [-0.3, -0.25) is 9.89 Å². The van der Waals surface area contributed by atoms with E-state index in [-0.39, 0.29) is 11.2 Å². The van der Waals surface area contributed by atoms with Crippen LogP contribution in [0.2, 0.25) is 0 Å². The van der Waals surface area contributed by atoms with E-state index in [4.69, 9.17) is 0 Å². The Morgan fingerprint density at radius 3 is 3.17 bits per heavy atom. The zero-order chi connectivity index (χ0) is 12.5. The molecule has 1 amide bonds. The van der Waals surface area contributed by atoms with E-state index in [0.29, 0.717) is 6.42 Å². The Hall–Kier alpha value is -1.49. The summed E-state index contributed by atoms with van der Waals surface area (Å²) in [6, 6.07) is 6.24. The lowest BCUT2D eigenvalue weighted by atomic mass is 10.1. The lowest BCUT2D eigenvalue weighted by Crippen LogP contribution is -2.27. The number of carbonyl (C=O) groups is 1. The maximum atomic E-state index is 11.6. The first-order valence-corrected chi connectivity index (χ1v) is 6.62. The fourth-order valence-electron chi connectivity index (χ4n) is 2.38. The summed E-state index contributed by atoms with van der Waals surface area (Å²) in [6.07, 6.45) is 3.28. The van der Waals surface area contributed by atoms with Gasteiger partial charge in [0.25, 0.3) is 0 Å². The number of benzene rings is 1. The number of thiol groups is 1. The first kappa shape index (κ1) is 11.6. The molecule has 1 N–H and O–H groups in total. The number of nitrogens with one attached hydrogen (secondary N) is 1. The quantitative estimate of drug-likeness (QED) is 0.825. The second-order valence-corrected chi connectivity index (χ2v) is 5.47. The van der Waals surface area contributed by atoms with Crippen LogP contribution in [0.5, 0.6) is 0 Å². The highest BCUT2D eigenvalue weighted by Gasteiger charge is 2.26. The van der Waals surface area contributed by atoms with Crippen LogP contribution in [0.15, 0.2) is 24.4 Å². The number of hydrogen-bond donors (Lipinski definition) is 2. The minimum Gasteiger partial charge on any atom is -0.341 e. The third-order valence-electron chi connectivity index (χ3n) is 3.37. The summed E-state index contributed by atoms with van der Waals surface area (Å²) in [5.41, 5.74) is 2.28. The molecule has 0 spiro atoms. The minimum atomic E-state index is 0.203. The van der Waals surface area contributed by atoms with Crippen molar-refractivity contribution in [2.45, 2.75) is 18.1 Å². The Morgan fingerprint density at radius 2 is 2.39 bits per heavy atom. The van der Waals surface area contributed by atoms with Gasteiger partial charge < -0.3 is 4.90 Å². The van der Waals surface area contributed by atoms with Crippen molar-refractivity contribution >= 4 is 29.4 Å². The first-order valence-electron chi connectivity index (χ1n) is 6.10. The topological polar surface area (TPSA) is 49.0 Å². The molecule has 0 saturated carbocycles. The van der Waals surface area contributed by atoms with Gasteiger partial charge in [-0.05, 0) is 24.1 Å². The zero-order valence-corrected chi connectivity index (χ0v) is 10.9. The number of H-pyrrole nitrogens is 1. The predicted octanol–water partition coefficient (Wildman–Crippen LogP) is 1.64. The van der Waals surface area contributed by atoms with E-state index in [9.17, 15) is 4.79 Å². The van der Waals surface area contributed by atoms with Crippen molar-refractivity contribution in [1.29, 1.82) is 0 Å². The SMILES string of the molecule is O=C1CC(S)CN1CCc1ccc2[nH]ncc2c1. The summed E-state index contributed by atoms with van der Waals surface area (Å²) >= 11 is 4.36. The van der Waals surface area contributed by atoms with E-state index in [1.54, 1.807) is 0 Å². The maximum Gasteiger partial charge on any atom is 0.223 e. The van der Waals surface area contributed by atoms with Crippen molar-refractivity contribution < 1.29 is 4.79 Å². The standard InChI is InChI=1S/C13H15N3OS/c17-13-6-11(18)8-16(13)4-3-9-1-2-12-10(5-9)7-14-15-12/h1-2,5,7,11,18H,3-4,6,8H2,(H,14,15). The molecule has 1 atom stereocenters. The van der Waals surface area contributed by atoms with Crippen LogP contribution in [-0.2, 0) is 11.2 Å². The van der Waals surface area contributed by atoms with Crippen LogP contribution in [0.3, 0.4) is 0 Å². The number of fused-ring (bicyclic) bond motifs is 1. The van der Waals surface area contributed by atoms with Crippen LogP contribution in [0.1, 0.15) is 12.0 Å². The van der Waals surface area contributed by atoms with Gasteiger partial charge in [-0.1, -0.05) is 6.07 Å². The molecule has 5 heteroatoms. The number of likely N-dealkylation sites (tertiary alicyclic amines) is 1. The van der Waals surface area contributed by atoms with Crippen molar-refractivity contribution in [3.8, 4) is 0 Å². The van der Waals surface area contributed by atoms with Gasteiger partial charge in [0, 0.05) is 30.1 Å². The normalized spacial score (nSPS) is 19.9. The van der Waals surface area contributed by atoms with Crippen LogP contribution in [0, 0.1) is 0 Å².